The summed E-state index contributed by atoms with van der Waals surface area (Å²) in [4.78, 5) is 4.77. The molecule has 0 amide bonds. The average Bonchev–Trinajstić information content (AvgIpc) is 2.63. The summed E-state index contributed by atoms with van der Waals surface area (Å²) in [7, 11) is 2.17. The number of nitrogens with zero attached hydrogens (tertiary/aromatic N) is 4. The molecule has 1 aliphatic rings. The van der Waals surface area contributed by atoms with Crippen molar-refractivity contribution in [2.24, 2.45) is 5.84 Å². The van der Waals surface area contributed by atoms with Gasteiger partial charge in [0.25, 0.3) is 0 Å². The van der Waals surface area contributed by atoms with Crippen LogP contribution < -0.4 is 11.3 Å². The minimum absolute atomic E-state index is 0.837. The van der Waals surface area contributed by atoms with Crippen molar-refractivity contribution in [1.82, 2.24) is 19.4 Å². The van der Waals surface area contributed by atoms with E-state index in [0.29, 0.717) is 0 Å². The maximum absolute atomic E-state index is 5.41. The molecule has 3 N–H and O–H groups in total. The Kier molecular flexibility index (Phi) is 4.05. The number of rotatable bonds is 3. The van der Waals surface area contributed by atoms with Crippen LogP contribution in [0.25, 0.3) is 0 Å². The van der Waals surface area contributed by atoms with Crippen molar-refractivity contribution in [3.8, 4) is 0 Å². The van der Waals surface area contributed by atoms with Crippen molar-refractivity contribution in [3.63, 3.8) is 0 Å². The first kappa shape index (κ1) is 11.7. The molecule has 1 aliphatic heterocycles. The van der Waals surface area contributed by atoms with Crippen LogP contribution in [0, 0.1) is 0 Å². The first-order chi connectivity index (χ1) is 7.79. The van der Waals surface area contributed by atoms with Crippen LogP contribution in [-0.2, 0) is 6.54 Å². The molecule has 1 saturated heterocycles. The SMILES string of the molecule is CN1CCCN(Cc2nnsc2NN)CC1. The van der Waals surface area contributed by atoms with Crippen LogP contribution in [0.2, 0.25) is 0 Å². The summed E-state index contributed by atoms with van der Waals surface area (Å²) in [5, 5.41) is 4.97. The van der Waals surface area contributed by atoms with E-state index >= 15 is 0 Å². The van der Waals surface area contributed by atoms with Gasteiger partial charge in [0.05, 0.1) is 0 Å². The number of nitrogen functional groups attached to an aromatic ring is 1. The van der Waals surface area contributed by atoms with Crippen LogP contribution in [-0.4, -0.2) is 52.6 Å². The van der Waals surface area contributed by atoms with E-state index in [9.17, 15) is 0 Å². The second-order valence-electron chi connectivity index (χ2n) is 4.13. The Morgan fingerprint density at radius 3 is 3.06 bits per heavy atom. The highest BCUT2D eigenvalue weighted by molar-refractivity contribution is 7.10. The third kappa shape index (κ3) is 2.88. The van der Waals surface area contributed by atoms with Gasteiger partial charge >= 0.3 is 0 Å². The van der Waals surface area contributed by atoms with Gasteiger partial charge in [0.1, 0.15) is 10.7 Å². The summed E-state index contributed by atoms with van der Waals surface area (Å²) in [6.07, 6.45) is 1.21. The fraction of sp³-hybridized carbons (Fsp3) is 0.778. The first-order valence-electron chi connectivity index (χ1n) is 5.48. The van der Waals surface area contributed by atoms with E-state index < -0.39 is 0 Å². The highest BCUT2D eigenvalue weighted by atomic mass is 32.1. The largest absolute Gasteiger partial charge is 0.313 e. The molecule has 90 valence electrons. The van der Waals surface area contributed by atoms with Gasteiger partial charge in [0.15, 0.2) is 0 Å². The lowest BCUT2D eigenvalue weighted by molar-refractivity contribution is 0.267. The van der Waals surface area contributed by atoms with Crippen molar-refractivity contribution < 1.29 is 0 Å². The Morgan fingerprint density at radius 1 is 1.38 bits per heavy atom. The predicted octanol–water partition coefficient (Wildman–Crippen LogP) is -0.0388. The van der Waals surface area contributed by atoms with Crippen molar-refractivity contribution in [2.75, 3.05) is 38.7 Å². The minimum Gasteiger partial charge on any atom is -0.313 e. The summed E-state index contributed by atoms with van der Waals surface area (Å²) in [6.45, 7) is 5.32. The molecule has 0 saturated carbocycles. The van der Waals surface area contributed by atoms with Crippen LogP contribution >= 0.6 is 11.5 Å². The van der Waals surface area contributed by atoms with Gasteiger partial charge in [0.2, 0.25) is 0 Å². The standard InChI is InChI=1S/C9H18N6S/c1-14-3-2-4-15(6-5-14)7-8-9(11-10)16-13-12-8/h11H,2-7,10H2,1H3. The number of nitrogens with two attached hydrogens (primary N) is 1. The molecule has 6 nitrogen and oxygen atoms in total. The normalized spacial score (nSPS) is 19.6. The zero-order valence-electron chi connectivity index (χ0n) is 9.52. The fourth-order valence-electron chi connectivity index (χ4n) is 1.89. The molecule has 16 heavy (non-hydrogen) atoms. The van der Waals surface area contributed by atoms with Gasteiger partial charge in [-0.05, 0) is 26.6 Å². The molecule has 0 unspecified atom stereocenters. The maximum Gasteiger partial charge on any atom is 0.148 e. The third-order valence-corrected chi connectivity index (χ3v) is 3.57. The van der Waals surface area contributed by atoms with E-state index in [1.807, 2.05) is 0 Å². The molecule has 0 spiro atoms. The molecule has 0 radical (unpaired) electrons. The lowest BCUT2D eigenvalue weighted by atomic mass is 10.3. The molecular formula is C9H18N6S. The van der Waals surface area contributed by atoms with Crippen LogP contribution in [0.3, 0.4) is 0 Å². The Morgan fingerprint density at radius 2 is 2.25 bits per heavy atom. The average molecular weight is 242 g/mol. The second kappa shape index (κ2) is 5.53. The molecule has 1 aromatic rings. The van der Waals surface area contributed by atoms with Crippen LogP contribution in [0.15, 0.2) is 0 Å². The molecule has 2 heterocycles. The van der Waals surface area contributed by atoms with E-state index in [-0.39, 0.29) is 0 Å². The first-order valence-corrected chi connectivity index (χ1v) is 6.25. The molecule has 0 aliphatic carbocycles. The number of likely N-dealkylation sites (N-methyl/N-ethyl adjacent to an activating group) is 1. The summed E-state index contributed by atoms with van der Waals surface area (Å²) in [5.74, 6) is 5.41. The summed E-state index contributed by atoms with van der Waals surface area (Å²) in [5.41, 5.74) is 3.60. The molecule has 0 bridgehead atoms. The van der Waals surface area contributed by atoms with Gasteiger partial charge in [-0.25, -0.2) is 5.84 Å². The monoisotopic (exact) mass is 242 g/mol. The van der Waals surface area contributed by atoms with Gasteiger partial charge in [0, 0.05) is 31.2 Å². The van der Waals surface area contributed by atoms with Gasteiger partial charge in [-0.2, -0.15) is 0 Å². The number of nitrogens with one attached hydrogen (secondary N) is 1. The van der Waals surface area contributed by atoms with Gasteiger partial charge in [-0.15, -0.1) is 5.10 Å². The zero-order chi connectivity index (χ0) is 11.4. The molecule has 0 atom stereocenters. The zero-order valence-corrected chi connectivity index (χ0v) is 10.3. The van der Waals surface area contributed by atoms with Crippen molar-refractivity contribution >= 4 is 16.5 Å². The molecule has 0 aromatic carbocycles. The Balaban J connectivity index is 1.93. The van der Waals surface area contributed by atoms with Crippen LogP contribution in [0.5, 0.6) is 0 Å². The lowest BCUT2D eigenvalue weighted by Crippen LogP contribution is -2.29. The highest BCUT2D eigenvalue weighted by Gasteiger charge is 2.15. The smallest absolute Gasteiger partial charge is 0.148 e. The number of hydrazine groups is 1. The fourth-order valence-corrected chi connectivity index (χ4v) is 2.38. The summed E-state index contributed by atoms with van der Waals surface area (Å²) >= 11 is 1.31. The Bertz CT molecular complexity index is 328. The van der Waals surface area contributed by atoms with Gasteiger partial charge in [-0.3, -0.25) is 4.90 Å². The van der Waals surface area contributed by atoms with E-state index in [0.717, 1.165) is 36.9 Å². The minimum atomic E-state index is 0.837. The Labute approximate surface area is 99.5 Å². The molecule has 2 rings (SSSR count). The van der Waals surface area contributed by atoms with Crippen LogP contribution in [0.4, 0.5) is 5.00 Å². The van der Waals surface area contributed by atoms with Crippen LogP contribution in [0.1, 0.15) is 12.1 Å². The number of aromatic nitrogens is 2. The molecule has 7 heteroatoms. The van der Waals surface area contributed by atoms with E-state index in [4.69, 9.17) is 5.84 Å². The van der Waals surface area contributed by atoms with Crippen molar-refractivity contribution in [2.45, 2.75) is 13.0 Å². The molecule has 1 fully saturated rings. The Hall–Kier alpha value is -0.760. The van der Waals surface area contributed by atoms with Crippen molar-refractivity contribution in [3.05, 3.63) is 5.69 Å². The van der Waals surface area contributed by atoms with Crippen molar-refractivity contribution in [1.29, 1.82) is 0 Å². The maximum atomic E-state index is 5.41. The van der Waals surface area contributed by atoms with E-state index in [2.05, 4.69) is 31.9 Å². The summed E-state index contributed by atoms with van der Waals surface area (Å²) < 4.78 is 3.91. The van der Waals surface area contributed by atoms with E-state index in [1.165, 1.54) is 24.5 Å². The van der Waals surface area contributed by atoms with Gasteiger partial charge < -0.3 is 10.3 Å². The molecular weight excluding hydrogens is 224 g/mol. The number of hydrogen-bond donors (Lipinski definition) is 2. The topological polar surface area (TPSA) is 70.3 Å². The second-order valence-corrected chi connectivity index (χ2v) is 4.88. The van der Waals surface area contributed by atoms with E-state index in [1.54, 1.807) is 0 Å². The van der Waals surface area contributed by atoms with Gasteiger partial charge in [-0.1, -0.05) is 4.49 Å². The predicted molar refractivity (Wildman–Crippen MR) is 65.1 cm³/mol. The number of hydrogen-bond acceptors (Lipinski definition) is 7. The summed E-state index contributed by atoms with van der Waals surface area (Å²) in [6, 6.07) is 0. The lowest BCUT2D eigenvalue weighted by Gasteiger charge is -2.18. The molecule has 1 aromatic heterocycles. The highest BCUT2D eigenvalue weighted by Crippen LogP contribution is 2.18. The third-order valence-electron chi connectivity index (χ3n) is 2.87. The number of anilines is 1. The quantitative estimate of drug-likeness (QED) is 0.572.